The fourth-order valence-corrected chi connectivity index (χ4v) is 5.32. The second kappa shape index (κ2) is 9.21. The van der Waals surface area contributed by atoms with Gasteiger partial charge in [0.05, 0.1) is 26.4 Å². The Bertz CT molecular complexity index is 269. The van der Waals surface area contributed by atoms with Gasteiger partial charge < -0.3 is 21.1 Å². The molecule has 0 bridgehead atoms. The van der Waals surface area contributed by atoms with E-state index in [2.05, 4.69) is 15.1 Å². The average molecular weight is 359 g/mol. The largest absolute Gasteiger partial charge is 0.706 e. The molecule has 0 saturated carbocycles. The Hall–Kier alpha value is 1.13. The molecule has 0 aromatic carbocycles. The van der Waals surface area contributed by atoms with Gasteiger partial charge in [-0.3, -0.25) is 9.83 Å². The van der Waals surface area contributed by atoms with Gasteiger partial charge in [0.25, 0.3) is 0 Å². The summed E-state index contributed by atoms with van der Waals surface area (Å²) in [6, 6.07) is 0. The predicted octanol–water partition coefficient (Wildman–Crippen LogP) is 1.56. The Balaban J connectivity index is 1.99. The van der Waals surface area contributed by atoms with Crippen molar-refractivity contribution in [2.75, 3.05) is 52.6 Å². The molecule has 0 radical (unpaired) electrons. The van der Waals surface area contributed by atoms with E-state index in [1.54, 1.807) is 0 Å². The minimum Gasteiger partial charge on any atom is -0.706 e. The zero-order valence-electron chi connectivity index (χ0n) is 10.4. The second-order valence-corrected chi connectivity index (χ2v) is 9.14. The molecule has 2 rings (SSSR count). The van der Waals surface area contributed by atoms with E-state index in [9.17, 15) is 0 Å². The van der Waals surface area contributed by atoms with E-state index in [1.807, 2.05) is 0 Å². The first-order chi connectivity index (χ1) is 9.33. The summed E-state index contributed by atoms with van der Waals surface area (Å²) in [6.07, 6.45) is 0. The van der Waals surface area contributed by atoms with Crippen molar-refractivity contribution in [1.82, 2.24) is 15.1 Å². The van der Waals surface area contributed by atoms with E-state index in [4.69, 9.17) is 33.4 Å². The zero-order chi connectivity index (χ0) is 13.5. The highest BCUT2D eigenvalue weighted by molar-refractivity contribution is 9.23. The first-order valence-corrected chi connectivity index (χ1v) is 10.8. The van der Waals surface area contributed by atoms with Gasteiger partial charge in [-0.05, 0) is 32.8 Å². The zero-order valence-corrected chi connectivity index (χ0v) is 14.4. The molecule has 19 heavy (non-hydrogen) atoms. The van der Waals surface area contributed by atoms with Gasteiger partial charge in [-0.15, -0.1) is 0 Å². The van der Waals surface area contributed by atoms with E-state index in [0.717, 1.165) is 56.9 Å². The van der Waals surface area contributed by atoms with Crippen LogP contribution in [0, 0.1) is 0 Å². The number of thiocarbonyl (C=S) groups is 1. The molecule has 0 aliphatic carbocycles. The lowest BCUT2D eigenvalue weighted by atomic mass is 10.5. The van der Waals surface area contributed by atoms with Crippen molar-refractivity contribution < 1.29 is 9.47 Å². The Labute approximate surface area is 135 Å². The van der Waals surface area contributed by atoms with Crippen LogP contribution < -0.4 is 0 Å². The standard InChI is InChI=1S/C9H17N3O2S5/c15-9(17-19-18-16)12(10-1-5-13-6-2-10)11-3-7-14-8-4-11/h16H,1-8H2/p-1. The average Bonchev–Trinajstić information content (AvgIpc) is 2.47. The number of nitrogens with zero attached hydrogens (tertiary/aromatic N) is 3. The number of hydrazine groups is 2. The molecule has 0 aromatic heterocycles. The predicted molar refractivity (Wildman–Crippen MR) is 89.4 cm³/mol. The van der Waals surface area contributed by atoms with Crippen LogP contribution in [0.3, 0.4) is 0 Å². The molecule has 2 fully saturated rings. The molecule has 0 spiro atoms. The lowest BCUT2D eigenvalue weighted by molar-refractivity contribution is -0.176. The van der Waals surface area contributed by atoms with Gasteiger partial charge in [0.15, 0.2) is 4.32 Å². The first kappa shape index (κ1) is 16.5. The van der Waals surface area contributed by atoms with Crippen LogP contribution in [0.2, 0.25) is 0 Å². The number of morpholine rings is 2. The monoisotopic (exact) mass is 358 g/mol. The van der Waals surface area contributed by atoms with Gasteiger partial charge in [0, 0.05) is 26.2 Å². The summed E-state index contributed by atoms with van der Waals surface area (Å²) in [5.41, 5.74) is 0. The van der Waals surface area contributed by atoms with Crippen LogP contribution in [0.5, 0.6) is 0 Å². The molecular weight excluding hydrogens is 342 g/mol. The third kappa shape index (κ3) is 5.11. The molecule has 110 valence electrons. The molecular formula is C9H16N3O2S5-. The summed E-state index contributed by atoms with van der Waals surface area (Å²) >= 11 is 10.4. The SMILES string of the molecule is S=C(SSS[S-])N(N1CCOCC1)N1CCOCC1. The van der Waals surface area contributed by atoms with E-state index in [-0.39, 0.29) is 0 Å². The summed E-state index contributed by atoms with van der Waals surface area (Å²) < 4.78 is 11.6. The molecule has 2 aliphatic heterocycles. The van der Waals surface area contributed by atoms with Crippen molar-refractivity contribution in [2.45, 2.75) is 0 Å². The molecule has 0 N–H and O–H groups in total. The van der Waals surface area contributed by atoms with Gasteiger partial charge in [0.1, 0.15) is 0 Å². The Morgan fingerprint density at radius 1 is 1.00 bits per heavy atom. The van der Waals surface area contributed by atoms with Gasteiger partial charge in [-0.1, -0.05) is 0 Å². The number of ether oxygens (including phenoxy) is 2. The number of hydrogen-bond donors (Lipinski definition) is 0. The Kier molecular flexibility index (Phi) is 8.00. The van der Waals surface area contributed by atoms with Crippen LogP contribution in [-0.4, -0.2) is 72.1 Å². The normalized spacial score (nSPS) is 22.4. The third-order valence-corrected chi connectivity index (χ3v) is 7.42. The molecule has 10 heteroatoms. The third-order valence-electron chi connectivity index (χ3n) is 2.81. The maximum Gasteiger partial charge on any atom is 0.178 e. The molecule has 2 aliphatic rings. The summed E-state index contributed by atoms with van der Waals surface area (Å²) in [4.78, 5) is 0. The van der Waals surface area contributed by atoms with E-state index >= 15 is 0 Å². The lowest BCUT2D eigenvalue weighted by Crippen LogP contribution is -2.60. The molecule has 2 heterocycles. The molecule has 0 amide bonds. The number of hydrogen-bond acceptors (Lipinski definition) is 9. The maximum atomic E-state index is 5.55. The van der Waals surface area contributed by atoms with Crippen molar-refractivity contribution >= 4 is 58.6 Å². The minimum atomic E-state index is 0.747. The van der Waals surface area contributed by atoms with Crippen molar-refractivity contribution in [1.29, 1.82) is 0 Å². The highest BCUT2D eigenvalue weighted by Crippen LogP contribution is 2.35. The summed E-state index contributed by atoms with van der Waals surface area (Å²) in [6.45, 7) is 6.45. The Morgan fingerprint density at radius 3 is 1.89 bits per heavy atom. The van der Waals surface area contributed by atoms with E-state index in [0.29, 0.717) is 0 Å². The summed E-state index contributed by atoms with van der Waals surface area (Å²) in [5.74, 6) is 0. The molecule has 0 aromatic rings. The Morgan fingerprint density at radius 2 is 1.47 bits per heavy atom. The van der Waals surface area contributed by atoms with Crippen LogP contribution in [0.25, 0.3) is 0 Å². The molecule has 2 saturated heterocycles. The molecule has 0 unspecified atom stereocenters. The smallest absolute Gasteiger partial charge is 0.178 e. The highest BCUT2D eigenvalue weighted by Gasteiger charge is 2.28. The molecule has 0 atom stereocenters. The van der Waals surface area contributed by atoms with Crippen LogP contribution in [0.15, 0.2) is 0 Å². The lowest BCUT2D eigenvalue weighted by Gasteiger charge is -2.45. The second-order valence-electron chi connectivity index (χ2n) is 3.91. The number of rotatable bonds is 4. The fraction of sp³-hybridized carbons (Fsp3) is 0.889. The van der Waals surface area contributed by atoms with E-state index in [1.165, 1.54) is 30.4 Å². The van der Waals surface area contributed by atoms with Crippen LogP contribution >= 0.6 is 42.7 Å². The van der Waals surface area contributed by atoms with E-state index < -0.39 is 0 Å². The quantitative estimate of drug-likeness (QED) is 0.419. The summed E-state index contributed by atoms with van der Waals surface area (Å²) in [5, 5.41) is 6.61. The minimum absolute atomic E-state index is 0.747. The van der Waals surface area contributed by atoms with Gasteiger partial charge in [-0.25, -0.2) is 5.12 Å². The van der Waals surface area contributed by atoms with Crippen LogP contribution in [0.1, 0.15) is 0 Å². The van der Waals surface area contributed by atoms with Crippen LogP contribution in [0.4, 0.5) is 0 Å². The summed E-state index contributed by atoms with van der Waals surface area (Å²) in [7, 11) is 4.36. The maximum absolute atomic E-state index is 5.55. The van der Waals surface area contributed by atoms with Gasteiger partial charge in [-0.2, -0.15) is 10.0 Å². The van der Waals surface area contributed by atoms with Crippen molar-refractivity contribution in [3.63, 3.8) is 0 Å². The van der Waals surface area contributed by atoms with Crippen molar-refractivity contribution in [3.05, 3.63) is 0 Å². The van der Waals surface area contributed by atoms with Crippen molar-refractivity contribution in [3.8, 4) is 0 Å². The highest BCUT2D eigenvalue weighted by atomic mass is 33.7. The first-order valence-electron chi connectivity index (χ1n) is 5.95. The molecule has 5 nitrogen and oxygen atoms in total. The van der Waals surface area contributed by atoms with Gasteiger partial charge in [0.2, 0.25) is 0 Å². The topological polar surface area (TPSA) is 28.2 Å². The van der Waals surface area contributed by atoms with Crippen molar-refractivity contribution in [2.24, 2.45) is 0 Å². The fourth-order valence-electron chi connectivity index (χ4n) is 1.97. The van der Waals surface area contributed by atoms with Crippen LogP contribution in [-0.2, 0) is 21.1 Å². The van der Waals surface area contributed by atoms with Gasteiger partial charge >= 0.3 is 0 Å².